The summed E-state index contributed by atoms with van der Waals surface area (Å²) >= 11 is 0. The van der Waals surface area contributed by atoms with Crippen LogP contribution in [0.15, 0.2) is 28.7 Å². The third kappa shape index (κ3) is 2.90. The van der Waals surface area contributed by atoms with E-state index in [1.807, 2.05) is 0 Å². The third-order valence-corrected chi connectivity index (χ3v) is 4.23. The molecule has 0 aliphatic carbocycles. The molecule has 0 saturated carbocycles. The highest BCUT2D eigenvalue weighted by atomic mass is 16.4. The SMILES string of the molecule is Cc1nc(C)c(C(=O)NCC2Cc3ccccc3CN2C)o1. The highest BCUT2D eigenvalue weighted by Crippen LogP contribution is 2.21. The predicted octanol–water partition coefficient (Wildman–Crippen LogP) is 2.08. The third-order valence-electron chi connectivity index (χ3n) is 4.23. The van der Waals surface area contributed by atoms with Crippen molar-refractivity contribution in [2.45, 2.75) is 32.9 Å². The molecule has 0 radical (unpaired) electrons. The predicted molar refractivity (Wildman–Crippen MR) is 83.7 cm³/mol. The first-order chi connectivity index (χ1) is 10.5. The van der Waals surface area contributed by atoms with Crippen molar-refractivity contribution in [1.29, 1.82) is 0 Å². The molecular weight excluding hydrogens is 278 g/mol. The Balaban J connectivity index is 1.64. The van der Waals surface area contributed by atoms with Gasteiger partial charge in [-0.1, -0.05) is 24.3 Å². The summed E-state index contributed by atoms with van der Waals surface area (Å²) in [5, 5.41) is 2.97. The minimum absolute atomic E-state index is 0.189. The molecule has 1 amide bonds. The fourth-order valence-corrected chi connectivity index (χ4v) is 2.98. The number of carbonyl (C=O) groups excluding carboxylic acids is 1. The van der Waals surface area contributed by atoms with Gasteiger partial charge in [-0.2, -0.15) is 0 Å². The van der Waals surface area contributed by atoms with Gasteiger partial charge in [-0.25, -0.2) is 4.98 Å². The van der Waals surface area contributed by atoms with E-state index in [1.165, 1.54) is 11.1 Å². The number of aryl methyl sites for hydroxylation is 2. The van der Waals surface area contributed by atoms with Gasteiger partial charge in [0.15, 0.2) is 5.89 Å². The number of benzene rings is 1. The van der Waals surface area contributed by atoms with Crippen LogP contribution in [0.1, 0.15) is 33.3 Å². The lowest BCUT2D eigenvalue weighted by Gasteiger charge is -2.34. The second-order valence-corrected chi connectivity index (χ2v) is 5.90. The van der Waals surface area contributed by atoms with E-state index in [1.54, 1.807) is 13.8 Å². The Bertz CT molecular complexity index is 693. The molecule has 1 aromatic carbocycles. The van der Waals surface area contributed by atoms with Crippen LogP contribution in [0.2, 0.25) is 0 Å². The van der Waals surface area contributed by atoms with Gasteiger partial charge in [0.25, 0.3) is 5.91 Å². The molecule has 2 heterocycles. The smallest absolute Gasteiger partial charge is 0.289 e. The largest absolute Gasteiger partial charge is 0.436 e. The standard InChI is InChI=1S/C17H21N3O2/c1-11-16(22-12(2)19-11)17(21)18-9-15-8-13-6-4-5-7-14(13)10-20(15)3/h4-7,15H,8-10H2,1-3H3,(H,18,21). The van der Waals surface area contributed by atoms with Crippen molar-refractivity contribution in [2.24, 2.45) is 0 Å². The summed E-state index contributed by atoms with van der Waals surface area (Å²) in [5.74, 6) is 0.646. The van der Waals surface area contributed by atoms with E-state index in [-0.39, 0.29) is 5.91 Å². The van der Waals surface area contributed by atoms with Crippen LogP contribution < -0.4 is 5.32 Å². The van der Waals surface area contributed by atoms with Crippen molar-refractivity contribution in [1.82, 2.24) is 15.2 Å². The van der Waals surface area contributed by atoms with Crippen molar-refractivity contribution >= 4 is 5.91 Å². The normalized spacial score (nSPS) is 18.0. The topological polar surface area (TPSA) is 58.4 Å². The molecule has 1 aliphatic heterocycles. The monoisotopic (exact) mass is 299 g/mol. The number of nitrogens with one attached hydrogen (secondary N) is 1. The van der Waals surface area contributed by atoms with E-state index in [2.05, 4.69) is 46.5 Å². The van der Waals surface area contributed by atoms with Crippen LogP contribution in [0.5, 0.6) is 0 Å². The maximum Gasteiger partial charge on any atom is 0.289 e. The number of amides is 1. The van der Waals surface area contributed by atoms with E-state index < -0.39 is 0 Å². The number of aromatic nitrogens is 1. The van der Waals surface area contributed by atoms with Crippen molar-refractivity contribution in [2.75, 3.05) is 13.6 Å². The van der Waals surface area contributed by atoms with E-state index in [0.717, 1.165) is 13.0 Å². The Labute approximate surface area is 130 Å². The molecule has 2 aromatic rings. The molecule has 1 atom stereocenters. The second kappa shape index (κ2) is 5.93. The zero-order valence-corrected chi connectivity index (χ0v) is 13.2. The number of hydrogen-bond donors (Lipinski definition) is 1. The van der Waals surface area contributed by atoms with Crippen LogP contribution in [-0.2, 0) is 13.0 Å². The van der Waals surface area contributed by atoms with E-state index in [4.69, 9.17) is 4.42 Å². The number of oxazole rings is 1. The van der Waals surface area contributed by atoms with Crippen LogP contribution in [0.25, 0.3) is 0 Å². The van der Waals surface area contributed by atoms with Gasteiger partial charge in [0.2, 0.25) is 5.76 Å². The minimum Gasteiger partial charge on any atom is -0.436 e. The first kappa shape index (κ1) is 14.8. The van der Waals surface area contributed by atoms with Crippen molar-refractivity contribution < 1.29 is 9.21 Å². The zero-order valence-electron chi connectivity index (χ0n) is 13.2. The maximum absolute atomic E-state index is 12.2. The molecule has 0 saturated heterocycles. The average Bonchev–Trinajstić information content (AvgIpc) is 2.83. The first-order valence-corrected chi connectivity index (χ1v) is 7.54. The second-order valence-electron chi connectivity index (χ2n) is 5.90. The van der Waals surface area contributed by atoms with Crippen molar-refractivity contribution in [3.05, 3.63) is 52.7 Å². The summed E-state index contributed by atoms with van der Waals surface area (Å²) in [6, 6.07) is 8.77. The molecule has 1 aliphatic rings. The van der Waals surface area contributed by atoms with Crippen LogP contribution in [0, 0.1) is 13.8 Å². The zero-order chi connectivity index (χ0) is 15.7. The van der Waals surface area contributed by atoms with Crippen LogP contribution >= 0.6 is 0 Å². The first-order valence-electron chi connectivity index (χ1n) is 7.54. The van der Waals surface area contributed by atoms with Gasteiger partial charge in [-0.15, -0.1) is 0 Å². The lowest BCUT2D eigenvalue weighted by atomic mass is 9.94. The summed E-state index contributed by atoms with van der Waals surface area (Å²) in [6.45, 7) is 5.05. The maximum atomic E-state index is 12.2. The Kier molecular flexibility index (Phi) is 3.98. The van der Waals surface area contributed by atoms with E-state index in [0.29, 0.717) is 29.9 Å². The number of rotatable bonds is 3. The lowest BCUT2D eigenvalue weighted by Crippen LogP contribution is -2.45. The van der Waals surface area contributed by atoms with Gasteiger partial charge < -0.3 is 9.73 Å². The molecule has 5 heteroatoms. The van der Waals surface area contributed by atoms with Gasteiger partial charge in [0.1, 0.15) is 0 Å². The van der Waals surface area contributed by atoms with Gasteiger partial charge in [0, 0.05) is 26.1 Å². The van der Waals surface area contributed by atoms with Crippen LogP contribution in [-0.4, -0.2) is 35.4 Å². The highest BCUT2D eigenvalue weighted by Gasteiger charge is 2.24. The molecule has 1 N–H and O–H groups in total. The summed E-state index contributed by atoms with van der Waals surface area (Å²) < 4.78 is 5.36. The van der Waals surface area contributed by atoms with Gasteiger partial charge >= 0.3 is 0 Å². The van der Waals surface area contributed by atoms with Crippen LogP contribution in [0.4, 0.5) is 0 Å². The summed E-state index contributed by atoms with van der Waals surface area (Å²) in [4.78, 5) is 18.6. The van der Waals surface area contributed by atoms with Crippen LogP contribution in [0.3, 0.4) is 0 Å². The highest BCUT2D eigenvalue weighted by molar-refractivity contribution is 5.92. The number of carbonyl (C=O) groups is 1. The average molecular weight is 299 g/mol. The van der Waals surface area contributed by atoms with Crippen molar-refractivity contribution in [3.63, 3.8) is 0 Å². The Morgan fingerprint density at radius 1 is 1.36 bits per heavy atom. The Hall–Kier alpha value is -2.14. The molecule has 0 bridgehead atoms. The van der Waals surface area contributed by atoms with Gasteiger partial charge in [0.05, 0.1) is 5.69 Å². The molecule has 1 unspecified atom stereocenters. The molecule has 116 valence electrons. The fraction of sp³-hybridized carbons (Fsp3) is 0.412. The molecular formula is C17H21N3O2. The molecule has 22 heavy (non-hydrogen) atoms. The quantitative estimate of drug-likeness (QED) is 0.942. The number of nitrogens with zero attached hydrogens (tertiary/aromatic N) is 2. The lowest BCUT2D eigenvalue weighted by molar-refractivity contribution is 0.0904. The Morgan fingerprint density at radius 2 is 2.09 bits per heavy atom. The van der Waals surface area contributed by atoms with E-state index >= 15 is 0 Å². The summed E-state index contributed by atoms with van der Waals surface area (Å²) in [7, 11) is 2.09. The number of likely N-dealkylation sites (N-methyl/N-ethyl adjacent to an activating group) is 1. The van der Waals surface area contributed by atoms with Crippen molar-refractivity contribution in [3.8, 4) is 0 Å². The number of hydrogen-bond acceptors (Lipinski definition) is 4. The molecule has 3 rings (SSSR count). The summed E-state index contributed by atoms with van der Waals surface area (Å²) in [6.07, 6.45) is 0.946. The number of fused-ring (bicyclic) bond motifs is 1. The fourth-order valence-electron chi connectivity index (χ4n) is 2.98. The minimum atomic E-state index is -0.189. The Morgan fingerprint density at radius 3 is 2.77 bits per heavy atom. The summed E-state index contributed by atoms with van der Waals surface area (Å²) in [5.41, 5.74) is 3.37. The van der Waals surface area contributed by atoms with E-state index in [9.17, 15) is 4.79 Å². The van der Waals surface area contributed by atoms with Gasteiger partial charge in [-0.3, -0.25) is 9.69 Å². The molecule has 5 nitrogen and oxygen atoms in total. The molecule has 0 fully saturated rings. The molecule has 1 aromatic heterocycles. The van der Waals surface area contributed by atoms with Gasteiger partial charge in [-0.05, 0) is 31.5 Å². The molecule has 0 spiro atoms.